The van der Waals surface area contributed by atoms with Gasteiger partial charge in [0.1, 0.15) is 0 Å². The first kappa shape index (κ1) is 19.3. The Bertz CT molecular complexity index is 762. The summed E-state index contributed by atoms with van der Waals surface area (Å²) < 4.78 is 27.3. The summed E-state index contributed by atoms with van der Waals surface area (Å²) in [6, 6.07) is 5.45. The fourth-order valence-electron chi connectivity index (χ4n) is 3.74. The van der Waals surface area contributed by atoms with Crippen LogP contribution in [0.4, 0.5) is 0 Å². The number of nitrogens with zero attached hydrogens (tertiary/aromatic N) is 2. The van der Waals surface area contributed by atoms with Crippen molar-refractivity contribution in [3.63, 3.8) is 0 Å². The molecule has 3 rings (SSSR count). The lowest BCUT2D eigenvalue weighted by atomic mass is 9.95. The van der Waals surface area contributed by atoms with E-state index in [9.17, 15) is 13.2 Å². The van der Waals surface area contributed by atoms with Crippen LogP contribution in [0.5, 0.6) is 0 Å². The Morgan fingerprint density at radius 3 is 2.19 bits per heavy atom. The lowest BCUT2D eigenvalue weighted by Crippen LogP contribution is -2.48. The number of carbonyl (C=O) groups is 1. The van der Waals surface area contributed by atoms with E-state index in [4.69, 9.17) is 5.73 Å². The number of hydrogen-bond donors (Lipinski definition) is 1. The Kier molecular flexibility index (Phi) is 5.69. The van der Waals surface area contributed by atoms with Gasteiger partial charge in [0.25, 0.3) is 0 Å². The number of piperidine rings is 2. The lowest BCUT2D eigenvalue weighted by molar-refractivity contribution is -0.137. The van der Waals surface area contributed by atoms with Crippen LogP contribution in [0.15, 0.2) is 23.1 Å². The third kappa shape index (κ3) is 3.94. The summed E-state index contributed by atoms with van der Waals surface area (Å²) in [7, 11) is -3.49. The van der Waals surface area contributed by atoms with Crippen LogP contribution >= 0.6 is 0 Å². The molecule has 0 bridgehead atoms. The molecule has 2 N–H and O–H groups in total. The van der Waals surface area contributed by atoms with E-state index in [2.05, 4.69) is 0 Å². The van der Waals surface area contributed by atoms with Gasteiger partial charge in [0.15, 0.2) is 0 Å². The van der Waals surface area contributed by atoms with Crippen LogP contribution in [0.3, 0.4) is 0 Å². The molecule has 1 aromatic rings. The van der Waals surface area contributed by atoms with Gasteiger partial charge >= 0.3 is 0 Å². The molecule has 0 atom stereocenters. The van der Waals surface area contributed by atoms with Crippen molar-refractivity contribution in [2.24, 2.45) is 11.7 Å². The van der Waals surface area contributed by atoms with Crippen LogP contribution in [0.1, 0.15) is 36.8 Å². The molecule has 6 nitrogen and oxygen atoms in total. The minimum absolute atomic E-state index is 0.0736. The first-order valence-corrected chi connectivity index (χ1v) is 10.8. The van der Waals surface area contributed by atoms with Gasteiger partial charge < -0.3 is 10.6 Å². The standard InChI is InChI=1S/C19H29N3O3S/c1-14-3-4-18(13-15(14)2)26(24,25)22-11-5-16(6-12-22)19(23)21-9-7-17(20)8-10-21/h3-4,13,16-17H,5-12,20H2,1-2H3. The number of nitrogens with two attached hydrogens (primary N) is 1. The highest BCUT2D eigenvalue weighted by molar-refractivity contribution is 7.89. The molecule has 2 aliphatic heterocycles. The van der Waals surface area contributed by atoms with Crippen molar-refractivity contribution in [2.75, 3.05) is 26.2 Å². The van der Waals surface area contributed by atoms with Gasteiger partial charge in [-0.05, 0) is 62.8 Å². The minimum atomic E-state index is -3.49. The van der Waals surface area contributed by atoms with Crippen LogP contribution in [0, 0.1) is 19.8 Å². The molecule has 144 valence electrons. The van der Waals surface area contributed by atoms with Crippen LogP contribution in [-0.4, -0.2) is 55.8 Å². The van der Waals surface area contributed by atoms with Gasteiger partial charge in [-0.2, -0.15) is 4.31 Å². The normalized spacial score (nSPS) is 21.1. The van der Waals surface area contributed by atoms with Gasteiger partial charge in [0.2, 0.25) is 15.9 Å². The Morgan fingerprint density at radius 1 is 1.00 bits per heavy atom. The number of benzene rings is 1. The summed E-state index contributed by atoms with van der Waals surface area (Å²) in [5, 5.41) is 0. The smallest absolute Gasteiger partial charge is 0.243 e. The molecule has 0 unspecified atom stereocenters. The second-order valence-corrected chi connectivity index (χ2v) is 9.53. The van der Waals surface area contributed by atoms with Gasteiger partial charge in [-0.25, -0.2) is 8.42 Å². The van der Waals surface area contributed by atoms with Crippen LogP contribution in [-0.2, 0) is 14.8 Å². The van der Waals surface area contributed by atoms with Crippen LogP contribution in [0.2, 0.25) is 0 Å². The Balaban J connectivity index is 1.62. The van der Waals surface area contributed by atoms with Crippen molar-refractivity contribution < 1.29 is 13.2 Å². The predicted molar refractivity (Wildman–Crippen MR) is 101 cm³/mol. The quantitative estimate of drug-likeness (QED) is 0.866. The van der Waals surface area contributed by atoms with Crippen molar-refractivity contribution in [2.45, 2.75) is 50.5 Å². The Labute approximate surface area is 156 Å². The number of rotatable bonds is 3. The highest BCUT2D eigenvalue weighted by Gasteiger charge is 2.34. The van der Waals surface area contributed by atoms with E-state index in [0.717, 1.165) is 37.1 Å². The molecule has 26 heavy (non-hydrogen) atoms. The van der Waals surface area contributed by atoms with Crippen molar-refractivity contribution in [3.05, 3.63) is 29.3 Å². The summed E-state index contributed by atoms with van der Waals surface area (Å²) in [5.74, 6) is 0.0932. The number of carbonyl (C=O) groups excluding carboxylic acids is 1. The summed E-state index contributed by atoms with van der Waals surface area (Å²) >= 11 is 0. The van der Waals surface area contributed by atoms with Gasteiger partial charge in [-0.1, -0.05) is 6.07 Å². The van der Waals surface area contributed by atoms with E-state index >= 15 is 0 Å². The zero-order chi connectivity index (χ0) is 18.9. The topological polar surface area (TPSA) is 83.7 Å². The van der Waals surface area contributed by atoms with E-state index in [0.29, 0.717) is 30.8 Å². The first-order valence-electron chi connectivity index (χ1n) is 9.41. The molecule has 1 aromatic carbocycles. The zero-order valence-electron chi connectivity index (χ0n) is 15.6. The van der Waals surface area contributed by atoms with Crippen molar-refractivity contribution in [3.8, 4) is 0 Å². The van der Waals surface area contributed by atoms with Crippen molar-refractivity contribution in [1.82, 2.24) is 9.21 Å². The number of hydrogen-bond acceptors (Lipinski definition) is 4. The monoisotopic (exact) mass is 379 g/mol. The van der Waals surface area contributed by atoms with Gasteiger partial charge in [0, 0.05) is 38.1 Å². The van der Waals surface area contributed by atoms with Crippen molar-refractivity contribution >= 4 is 15.9 Å². The van der Waals surface area contributed by atoms with Gasteiger partial charge in [0.05, 0.1) is 4.90 Å². The third-order valence-corrected chi connectivity index (χ3v) is 7.67. The predicted octanol–water partition coefficient (Wildman–Crippen LogP) is 1.65. The van der Waals surface area contributed by atoms with E-state index in [1.54, 1.807) is 12.1 Å². The highest BCUT2D eigenvalue weighted by Crippen LogP contribution is 2.27. The molecule has 0 saturated carbocycles. The molecule has 0 radical (unpaired) electrons. The van der Waals surface area contributed by atoms with Crippen LogP contribution in [0.25, 0.3) is 0 Å². The van der Waals surface area contributed by atoms with Gasteiger partial charge in [-0.15, -0.1) is 0 Å². The maximum absolute atomic E-state index is 12.9. The molecule has 0 aromatic heterocycles. The maximum Gasteiger partial charge on any atom is 0.243 e. The lowest BCUT2D eigenvalue weighted by Gasteiger charge is -2.36. The van der Waals surface area contributed by atoms with Crippen molar-refractivity contribution in [1.29, 1.82) is 0 Å². The molecule has 0 aliphatic carbocycles. The Hall–Kier alpha value is -1.44. The average molecular weight is 380 g/mol. The summed E-state index contributed by atoms with van der Waals surface area (Å²) in [6.45, 7) is 6.14. The second kappa shape index (κ2) is 7.66. The number of aryl methyl sites for hydroxylation is 2. The van der Waals surface area contributed by atoms with Gasteiger partial charge in [-0.3, -0.25) is 4.79 Å². The van der Waals surface area contributed by atoms with Crippen LogP contribution < -0.4 is 5.73 Å². The second-order valence-electron chi connectivity index (χ2n) is 7.59. The maximum atomic E-state index is 12.9. The number of sulfonamides is 1. The zero-order valence-corrected chi connectivity index (χ0v) is 16.5. The highest BCUT2D eigenvalue weighted by atomic mass is 32.2. The largest absolute Gasteiger partial charge is 0.342 e. The molecule has 2 saturated heterocycles. The van der Waals surface area contributed by atoms with E-state index in [1.807, 2.05) is 24.8 Å². The third-order valence-electron chi connectivity index (χ3n) is 5.77. The first-order chi connectivity index (χ1) is 12.3. The molecular weight excluding hydrogens is 350 g/mol. The SMILES string of the molecule is Cc1ccc(S(=O)(=O)N2CCC(C(=O)N3CCC(N)CC3)CC2)cc1C. The summed E-state index contributed by atoms with van der Waals surface area (Å²) in [5.41, 5.74) is 7.96. The van der Waals surface area contributed by atoms with E-state index in [-0.39, 0.29) is 17.9 Å². The molecular formula is C19H29N3O3S. The fourth-order valence-corrected chi connectivity index (χ4v) is 5.30. The molecule has 2 heterocycles. The number of amides is 1. The van der Waals surface area contributed by atoms with E-state index in [1.165, 1.54) is 4.31 Å². The van der Waals surface area contributed by atoms with E-state index < -0.39 is 10.0 Å². The minimum Gasteiger partial charge on any atom is -0.342 e. The molecule has 2 fully saturated rings. The summed E-state index contributed by atoms with van der Waals surface area (Å²) in [6.07, 6.45) is 2.88. The fraction of sp³-hybridized carbons (Fsp3) is 0.632. The number of likely N-dealkylation sites (tertiary alicyclic amines) is 1. The summed E-state index contributed by atoms with van der Waals surface area (Å²) in [4.78, 5) is 14.9. The average Bonchev–Trinajstić information content (AvgIpc) is 2.64. The molecule has 0 spiro atoms. The molecule has 2 aliphatic rings. The molecule has 1 amide bonds. The Morgan fingerprint density at radius 2 is 1.62 bits per heavy atom. The molecule has 7 heteroatoms.